The molecule has 0 saturated carbocycles. The number of allylic oxidation sites excluding steroid dienone is 1. The van der Waals surface area contributed by atoms with E-state index in [-0.39, 0.29) is 6.04 Å². The largest absolute Gasteiger partial charge is 0.340 e. The van der Waals surface area contributed by atoms with Crippen LogP contribution in [0.25, 0.3) is 0 Å². The Morgan fingerprint density at radius 1 is 1.17 bits per heavy atom. The van der Waals surface area contributed by atoms with Crippen molar-refractivity contribution >= 4 is 18.0 Å². The van der Waals surface area contributed by atoms with Gasteiger partial charge in [0.25, 0.3) is 5.91 Å². The average Bonchev–Trinajstić information content (AvgIpc) is 2.87. The number of aryl methyl sites for hydroxylation is 1. The van der Waals surface area contributed by atoms with Gasteiger partial charge in [0, 0.05) is 6.54 Å². The summed E-state index contributed by atoms with van der Waals surface area (Å²) < 4.78 is 0. The molecule has 6 heteroatoms. The van der Waals surface area contributed by atoms with Crippen molar-refractivity contribution in [3.05, 3.63) is 47.2 Å². The number of nitrogens with one attached hydrogen (secondary N) is 1. The van der Waals surface area contributed by atoms with Crippen molar-refractivity contribution in [2.75, 3.05) is 6.54 Å². The van der Waals surface area contributed by atoms with Gasteiger partial charge in [-0.25, -0.2) is 9.59 Å². The van der Waals surface area contributed by atoms with Gasteiger partial charge in [0.2, 0.25) is 0 Å². The first-order valence-electron chi connectivity index (χ1n) is 8.41. The Hall–Kier alpha value is -2.63. The first kappa shape index (κ1) is 14.9. The molecule has 1 saturated heterocycles. The van der Waals surface area contributed by atoms with E-state index in [0.29, 0.717) is 12.2 Å². The number of rotatable bonds is 1. The van der Waals surface area contributed by atoms with Gasteiger partial charge in [-0.05, 0) is 43.2 Å². The molecule has 0 radical (unpaired) electrons. The quantitative estimate of drug-likeness (QED) is 0.807. The summed E-state index contributed by atoms with van der Waals surface area (Å²) in [6.07, 6.45) is 6.09. The summed E-state index contributed by atoms with van der Waals surface area (Å²) >= 11 is 0. The molecule has 0 bridgehead atoms. The van der Waals surface area contributed by atoms with Gasteiger partial charge < -0.3 is 5.32 Å². The van der Waals surface area contributed by atoms with Gasteiger partial charge in [0.05, 0.1) is 6.04 Å². The Morgan fingerprint density at radius 2 is 2.00 bits per heavy atom. The highest BCUT2D eigenvalue weighted by atomic mass is 16.2. The minimum atomic E-state index is -0.623. The maximum Gasteiger partial charge on any atom is 0.340 e. The average molecular weight is 325 g/mol. The molecule has 2 aliphatic heterocycles. The number of carbonyl (C=O) groups is 3. The van der Waals surface area contributed by atoms with Crippen LogP contribution in [0.15, 0.2) is 36.0 Å². The van der Waals surface area contributed by atoms with Gasteiger partial charge in [-0.2, -0.15) is 4.90 Å². The van der Waals surface area contributed by atoms with E-state index in [1.54, 1.807) is 6.08 Å². The zero-order valence-electron chi connectivity index (χ0n) is 13.3. The minimum Gasteiger partial charge on any atom is -0.330 e. The molecule has 1 atom stereocenters. The summed E-state index contributed by atoms with van der Waals surface area (Å²) in [5.41, 5.74) is 2.63. The number of fused-ring (bicyclic) bond motifs is 2. The molecule has 1 fully saturated rings. The third-order valence-corrected chi connectivity index (χ3v) is 4.93. The summed E-state index contributed by atoms with van der Waals surface area (Å²) in [6.45, 7) is 0.493. The minimum absolute atomic E-state index is 0.158. The summed E-state index contributed by atoms with van der Waals surface area (Å²) in [7, 11) is 0. The molecule has 2 heterocycles. The fraction of sp³-hybridized carbons (Fsp3) is 0.389. The van der Waals surface area contributed by atoms with E-state index in [0.717, 1.165) is 42.6 Å². The zero-order chi connectivity index (χ0) is 16.7. The predicted octanol–water partition coefficient (Wildman–Crippen LogP) is 2.72. The highest BCUT2D eigenvalue weighted by molar-refractivity contribution is 6.21. The number of hydrogen-bond acceptors (Lipinski definition) is 3. The fourth-order valence-electron chi connectivity index (χ4n) is 3.74. The maximum atomic E-state index is 12.6. The van der Waals surface area contributed by atoms with Crippen molar-refractivity contribution < 1.29 is 14.4 Å². The standard InChI is InChI=1S/C18H19N3O3/c22-16-15-10-3-4-11-20(15)18(24)21(16)17(23)19-14-9-5-7-12-6-1-2-8-13(12)14/h1-2,6,8,10,14H,3-5,7,9,11H2,(H,19,23)/t14-/m0/s1. The lowest BCUT2D eigenvalue weighted by molar-refractivity contribution is -0.121. The van der Waals surface area contributed by atoms with Crippen LogP contribution in [0.1, 0.15) is 42.9 Å². The first-order chi connectivity index (χ1) is 11.7. The molecule has 0 spiro atoms. The van der Waals surface area contributed by atoms with Crippen LogP contribution in [-0.2, 0) is 11.2 Å². The van der Waals surface area contributed by atoms with E-state index in [2.05, 4.69) is 11.4 Å². The summed E-state index contributed by atoms with van der Waals surface area (Å²) in [5, 5.41) is 2.88. The predicted molar refractivity (Wildman–Crippen MR) is 86.9 cm³/mol. The third-order valence-electron chi connectivity index (χ3n) is 4.93. The topological polar surface area (TPSA) is 69.7 Å². The monoisotopic (exact) mass is 325 g/mol. The van der Waals surface area contributed by atoms with Gasteiger partial charge >= 0.3 is 12.1 Å². The van der Waals surface area contributed by atoms with Crippen LogP contribution in [0.2, 0.25) is 0 Å². The van der Waals surface area contributed by atoms with E-state index in [4.69, 9.17) is 0 Å². The smallest absolute Gasteiger partial charge is 0.330 e. The molecule has 1 aromatic rings. The highest BCUT2D eigenvalue weighted by Gasteiger charge is 2.45. The summed E-state index contributed by atoms with van der Waals surface area (Å²) in [5.74, 6) is -0.513. The van der Waals surface area contributed by atoms with Crippen molar-refractivity contribution in [1.29, 1.82) is 0 Å². The fourth-order valence-corrected chi connectivity index (χ4v) is 3.74. The lowest BCUT2D eigenvalue weighted by Gasteiger charge is -2.27. The molecule has 6 nitrogen and oxygen atoms in total. The first-order valence-corrected chi connectivity index (χ1v) is 8.41. The van der Waals surface area contributed by atoms with Crippen LogP contribution < -0.4 is 5.32 Å². The van der Waals surface area contributed by atoms with Crippen LogP contribution in [0.4, 0.5) is 9.59 Å². The molecule has 1 aliphatic carbocycles. The summed E-state index contributed by atoms with van der Waals surface area (Å²) in [6, 6.07) is 6.68. The number of imide groups is 3. The van der Waals surface area contributed by atoms with Crippen LogP contribution in [0, 0.1) is 0 Å². The number of amides is 5. The van der Waals surface area contributed by atoms with Crippen molar-refractivity contribution in [1.82, 2.24) is 15.1 Å². The van der Waals surface area contributed by atoms with Crippen LogP contribution in [-0.4, -0.2) is 34.3 Å². The van der Waals surface area contributed by atoms with E-state index in [1.165, 1.54) is 10.5 Å². The molecule has 5 amide bonds. The number of hydrogen-bond donors (Lipinski definition) is 1. The Kier molecular flexibility index (Phi) is 3.59. The SMILES string of the molecule is O=C(N[C@H]1CCCc2ccccc21)N1C(=O)C2=CCCCN2C1=O. The highest BCUT2D eigenvalue weighted by Crippen LogP contribution is 2.31. The number of nitrogens with zero attached hydrogens (tertiary/aromatic N) is 2. The number of urea groups is 2. The number of carbonyl (C=O) groups excluding carboxylic acids is 3. The molecular formula is C18H19N3O3. The van der Waals surface area contributed by atoms with E-state index in [9.17, 15) is 14.4 Å². The van der Waals surface area contributed by atoms with Crippen molar-refractivity contribution in [3.8, 4) is 0 Å². The summed E-state index contributed by atoms with van der Waals surface area (Å²) in [4.78, 5) is 39.6. The van der Waals surface area contributed by atoms with E-state index in [1.807, 2.05) is 18.2 Å². The molecule has 1 N–H and O–H groups in total. The molecule has 3 aliphatic rings. The Morgan fingerprint density at radius 3 is 2.83 bits per heavy atom. The molecule has 0 aromatic heterocycles. The molecule has 24 heavy (non-hydrogen) atoms. The Labute approximate surface area is 140 Å². The van der Waals surface area contributed by atoms with Crippen LogP contribution in [0.3, 0.4) is 0 Å². The maximum absolute atomic E-state index is 12.6. The molecule has 124 valence electrons. The van der Waals surface area contributed by atoms with Crippen molar-refractivity contribution in [2.45, 2.75) is 38.1 Å². The van der Waals surface area contributed by atoms with Crippen LogP contribution in [0.5, 0.6) is 0 Å². The normalized spacial score (nSPS) is 22.8. The van der Waals surface area contributed by atoms with Crippen LogP contribution >= 0.6 is 0 Å². The molecular weight excluding hydrogens is 306 g/mol. The molecule has 4 rings (SSSR count). The third kappa shape index (κ3) is 2.29. The van der Waals surface area contributed by atoms with Gasteiger partial charge in [-0.1, -0.05) is 30.3 Å². The second-order valence-electron chi connectivity index (χ2n) is 6.40. The van der Waals surface area contributed by atoms with Crippen molar-refractivity contribution in [3.63, 3.8) is 0 Å². The van der Waals surface area contributed by atoms with Gasteiger partial charge in [0.1, 0.15) is 5.70 Å². The van der Waals surface area contributed by atoms with Gasteiger partial charge in [0.15, 0.2) is 0 Å². The van der Waals surface area contributed by atoms with Crippen molar-refractivity contribution in [2.24, 2.45) is 0 Å². The van der Waals surface area contributed by atoms with Gasteiger partial charge in [-0.15, -0.1) is 0 Å². The molecule has 0 unspecified atom stereocenters. The number of benzene rings is 1. The lowest BCUT2D eigenvalue weighted by Crippen LogP contribution is -2.46. The zero-order valence-corrected chi connectivity index (χ0v) is 13.3. The van der Waals surface area contributed by atoms with E-state index >= 15 is 0 Å². The second kappa shape index (κ2) is 5.78. The van der Waals surface area contributed by atoms with E-state index < -0.39 is 18.0 Å². The molecule has 1 aromatic carbocycles. The second-order valence-corrected chi connectivity index (χ2v) is 6.40. The van der Waals surface area contributed by atoms with Gasteiger partial charge in [-0.3, -0.25) is 9.69 Å². The Balaban J connectivity index is 1.55. The Bertz CT molecular complexity index is 756. The lowest BCUT2D eigenvalue weighted by atomic mass is 9.88.